The first-order valence-corrected chi connectivity index (χ1v) is 7.70. The monoisotopic (exact) mass is 330 g/mol. The summed E-state index contributed by atoms with van der Waals surface area (Å²) in [6.45, 7) is 1.10. The van der Waals surface area contributed by atoms with Gasteiger partial charge < -0.3 is 14.2 Å². The molecule has 1 amide bonds. The van der Waals surface area contributed by atoms with Gasteiger partial charge in [-0.25, -0.2) is 0 Å². The summed E-state index contributed by atoms with van der Waals surface area (Å²) in [7, 11) is 1.58. The molecule has 6 heteroatoms. The topological polar surface area (TPSA) is 55.6 Å². The van der Waals surface area contributed by atoms with Crippen LogP contribution in [0.25, 0.3) is 0 Å². The lowest BCUT2D eigenvalue weighted by Gasteiger charge is -2.37. The summed E-state index contributed by atoms with van der Waals surface area (Å²) in [6, 6.07) is 2.04. The third kappa shape index (κ3) is 3.57. The van der Waals surface area contributed by atoms with Gasteiger partial charge in [0.25, 0.3) is 5.91 Å². The van der Waals surface area contributed by atoms with E-state index >= 15 is 0 Å². The number of halogens is 1. The lowest BCUT2D eigenvalue weighted by atomic mass is 9.91. The van der Waals surface area contributed by atoms with Crippen molar-refractivity contribution in [3.05, 3.63) is 17.5 Å². The van der Waals surface area contributed by atoms with Crippen LogP contribution in [0.15, 0.2) is 10.6 Å². The number of alkyl halides is 1. The second-order valence-electron chi connectivity index (χ2n) is 4.74. The van der Waals surface area contributed by atoms with Crippen molar-refractivity contribution in [1.82, 2.24) is 10.1 Å². The normalized spacial score (nSPS) is 15.3. The quantitative estimate of drug-likeness (QED) is 0.721. The Balaban J connectivity index is 2.03. The fourth-order valence-electron chi connectivity index (χ4n) is 2.15. The van der Waals surface area contributed by atoms with Gasteiger partial charge in [0.1, 0.15) is 6.61 Å². The molecule has 1 aliphatic carbocycles. The molecule has 106 valence electrons. The number of ether oxygens (including phenoxy) is 1. The average Bonchev–Trinajstić information content (AvgIpc) is 2.80. The van der Waals surface area contributed by atoms with Crippen LogP contribution in [0.1, 0.15) is 41.9 Å². The lowest BCUT2D eigenvalue weighted by Crippen LogP contribution is -2.45. The molecule has 1 aliphatic rings. The van der Waals surface area contributed by atoms with Gasteiger partial charge in [0.05, 0.1) is 0 Å². The highest BCUT2D eigenvalue weighted by Crippen LogP contribution is 2.26. The maximum atomic E-state index is 12.4. The number of hydrogen-bond donors (Lipinski definition) is 0. The molecule has 2 rings (SSSR count). The summed E-state index contributed by atoms with van der Waals surface area (Å²) in [5.74, 6) is 0.552. The molecule has 1 heterocycles. The summed E-state index contributed by atoms with van der Waals surface area (Å²) < 4.78 is 10.0. The third-order valence-electron chi connectivity index (χ3n) is 3.37. The van der Waals surface area contributed by atoms with Crippen molar-refractivity contribution in [3.63, 3.8) is 0 Å². The Morgan fingerprint density at radius 1 is 1.63 bits per heavy atom. The second-order valence-corrected chi connectivity index (χ2v) is 5.53. The fourth-order valence-corrected chi connectivity index (χ4v) is 2.40. The van der Waals surface area contributed by atoms with Crippen molar-refractivity contribution in [3.8, 4) is 0 Å². The van der Waals surface area contributed by atoms with E-state index in [0.29, 0.717) is 24.1 Å². The predicted octanol–water partition coefficient (Wildman–Crippen LogP) is 2.60. The van der Waals surface area contributed by atoms with E-state index in [0.717, 1.165) is 31.1 Å². The number of hydrogen-bond acceptors (Lipinski definition) is 4. The van der Waals surface area contributed by atoms with Gasteiger partial charge in [-0.2, -0.15) is 0 Å². The van der Waals surface area contributed by atoms with Crippen LogP contribution in [-0.4, -0.2) is 41.0 Å². The largest absolute Gasteiger partial charge is 0.377 e. The molecule has 1 aromatic heterocycles. The second kappa shape index (κ2) is 7.05. The first-order valence-electron chi connectivity index (χ1n) is 6.57. The molecule has 0 spiro atoms. The first-order chi connectivity index (χ1) is 9.26. The number of amides is 1. The van der Waals surface area contributed by atoms with Crippen LogP contribution in [0.5, 0.6) is 0 Å². The molecule has 0 saturated heterocycles. The van der Waals surface area contributed by atoms with Crippen molar-refractivity contribution >= 4 is 21.8 Å². The van der Waals surface area contributed by atoms with E-state index in [1.165, 1.54) is 6.42 Å². The van der Waals surface area contributed by atoms with E-state index in [1.54, 1.807) is 13.2 Å². The predicted molar refractivity (Wildman–Crippen MR) is 74.3 cm³/mol. The number of nitrogens with zero attached hydrogens (tertiary/aromatic N) is 2. The molecule has 1 fully saturated rings. The summed E-state index contributed by atoms with van der Waals surface area (Å²) in [5, 5.41) is 4.75. The number of rotatable bonds is 7. The summed E-state index contributed by atoms with van der Waals surface area (Å²) >= 11 is 3.41. The molecule has 0 unspecified atom stereocenters. The summed E-state index contributed by atoms with van der Waals surface area (Å²) in [5.41, 5.74) is 0.383. The minimum atomic E-state index is -0.0308. The van der Waals surface area contributed by atoms with Gasteiger partial charge in [-0.1, -0.05) is 21.1 Å². The van der Waals surface area contributed by atoms with E-state index in [9.17, 15) is 4.79 Å². The van der Waals surface area contributed by atoms with Gasteiger partial charge in [0, 0.05) is 31.1 Å². The first kappa shape index (κ1) is 14.5. The zero-order chi connectivity index (χ0) is 13.7. The molecule has 0 bridgehead atoms. The van der Waals surface area contributed by atoms with Crippen LogP contribution < -0.4 is 0 Å². The Morgan fingerprint density at radius 3 is 3.00 bits per heavy atom. The molecule has 0 aliphatic heterocycles. The molecule has 1 aromatic rings. The fraction of sp³-hybridized carbons (Fsp3) is 0.692. The molecule has 0 radical (unpaired) electrons. The van der Waals surface area contributed by atoms with Gasteiger partial charge in [-0.05, 0) is 25.7 Å². The Labute approximate surface area is 121 Å². The van der Waals surface area contributed by atoms with Crippen molar-refractivity contribution in [1.29, 1.82) is 0 Å². The molecule has 5 nitrogen and oxygen atoms in total. The van der Waals surface area contributed by atoms with Crippen molar-refractivity contribution in [2.24, 2.45) is 0 Å². The molecule has 0 N–H and O–H groups in total. The van der Waals surface area contributed by atoms with Crippen LogP contribution in [0.3, 0.4) is 0 Å². The molecular weight excluding hydrogens is 312 g/mol. The van der Waals surface area contributed by atoms with Gasteiger partial charge in [0.15, 0.2) is 11.5 Å². The van der Waals surface area contributed by atoms with E-state index < -0.39 is 0 Å². The van der Waals surface area contributed by atoms with Gasteiger partial charge in [0.2, 0.25) is 0 Å². The van der Waals surface area contributed by atoms with Gasteiger partial charge >= 0.3 is 0 Å². The van der Waals surface area contributed by atoms with Crippen LogP contribution in [0.2, 0.25) is 0 Å². The SMILES string of the molecule is COCc1cc(C(=O)N(CCCBr)C2CCC2)no1. The highest BCUT2D eigenvalue weighted by atomic mass is 79.9. The van der Waals surface area contributed by atoms with Gasteiger partial charge in [-0.3, -0.25) is 4.79 Å². The highest BCUT2D eigenvalue weighted by molar-refractivity contribution is 9.09. The zero-order valence-corrected chi connectivity index (χ0v) is 12.7. The molecule has 0 aromatic carbocycles. The summed E-state index contributed by atoms with van der Waals surface area (Å²) in [6.07, 6.45) is 4.34. The molecule has 1 saturated carbocycles. The summed E-state index contributed by atoms with van der Waals surface area (Å²) in [4.78, 5) is 14.4. The Hall–Kier alpha value is -0.880. The van der Waals surface area contributed by atoms with Crippen molar-refractivity contribution in [2.45, 2.75) is 38.3 Å². The molecular formula is C13H19BrN2O3. The third-order valence-corrected chi connectivity index (χ3v) is 3.93. The maximum Gasteiger partial charge on any atom is 0.276 e. The van der Waals surface area contributed by atoms with E-state index in [1.807, 2.05) is 4.90 Å². The Kier molecular flexibility index (Phi) is 5.39. The highest BCUT2D eigenvalue weighted by Gasteiger charge is 2.30. The van der Waals surface area contributed by atoms with Crippen molar-refractivity contribution < 1.29 is 14.1 Å². The standard InChI is InChI=1S/C13H19BrN2O3/c1-18-9-11-8-12(15-19-11)13(17)16(7-3-6-14)10-4-2-5-10/h8,10H,2-7,9H2,1H3. The smallest absolute Gasteiger partial charge is 0.276 e. The lowest BCUT2D eigenvalue weighted by molar-refractivity contribution is 0.0570. The van der Waals surface area contributed by atoms with Crippen LogP contribution in [0.4, 0.5) is 0 Å². The number of methoxy groups -OCH3 is 1. The average molecular weight is 331 g/mol. The minimum Gasteiger partial charge on any atom is -0.377 e. The van der Waals surface area contributed by atoms with E-state index in [-0.39, 0.29) is 5.91 Å². The van der Waals surface area contributed by atoms with Crippen LogP contribution >= 0.6 is 15.9 Å². The maximum absolute atomic E-state index is 12.4. The number of carbonyl (C=O) groups excluding carboxylic acids is 1. The molecule has 19 heavy (non-hydrogen) atoms. The van der Waals surface area contributed by atoms with Gasteiger partial charge in [-0.15, -0.1) is 0 Å². The zero-order valence-electron chi connectivity index (χ0n) is 11.1. The molecule has 0 atom stereocenters. The van der Waals surface area contributed by atoms with Crippen LogP contribution in [-0.2, 0) is 11.3 Å². The Bertz CT molecular complexity index is 418. The van der Waals surface area contributed by atoms with E-state index in [4.69, 9.17) is 9.26 Å². The van der Waals surface area contributed by atoms with Crippen molar-refractivity contribution in [2.75, 3.05) is 19.0 Å². The Morgan fingerprint density at radius 2 is 2.42 bits per heavy atom. The number of aromatic nitrogens is 1. The van der Waals surface area contributed by atoms with Crippen LogP contribution in [0, 0.1) is 0 Å². The number of carbonyl (C=O) groups is 1. The van der Waals surface area contributed by atoms with E-state index in [2.05, 4.69) is 21.1 Å². The minimum absolute atomic E-state index is 0.0308.